The van der Waals surface area contributed by atoms with E-state index in [2.05, 4.69) is 46.7 Å². The van der Waals surface area contributed by atoms with Crippen molar-refractivity contribution in [3.05, 3.63) is 27.0 Å². The van der Waals surface area contributed by atoms with Crippen molar-refractivity contribution < 1.29 is 9.53 Å². The first-order chi connectivity index (χ1) is 7.11. The van der Waals surface area contributed by atoms with Crippen LogP contribution < -0.4 is 0 Å². The van der Waals surface area contributed by atoms with Gasteiger partial charge in [0, 0.05) is 10.7 Å². The smallest absolute Gasteiger partial charge is 0.341 e. The first kappa shape index (κ1) is 10.6. The molecule has 2 aromatic heterocycles. The van der Waals surface area contributed by atoms with Crippen LogP contribution in [0.15, 0.2) is 21.5 Å². The molecule has 2 aromatic rings. The summed E-state index contributed by atoms with van der Waals surface area (Å²) in [5.41, 5.74) is 0.821. The number of ether oxygens (including phenoxy) is 1. The van der Waals surface area contributed by atoms with Gasteiger partial charge in [-0.05, 0) is 37.9 Å². The largest absolute Gasteiger partial charge is 0.465 e. The molecule has 0 aliphatic carbocycles. The van der Waals surface area contributed by atoms with E-state index in [0.29, 0.717) is 15.9 Å². The van der Waals surface area contributed by atoms with Crippen LogP contribution in [0.3, 0.4) is 0 Å². The molecule has 0 fully saturated rings. The summed E-state index contributed by atoms with van der Waals surface area (Å²) < 4.78 is 7.30. The Labute approximate surface area is 102 Å². The van der Waals surface area contributed by atoms with E-state index in [-0.39, 0.29) is 0 Å². The van der Waals surface area contributed by atoms with Crippen molar-refractivity contribution in [3.63, 3.8) is 0 Å². The molecule has 0 aliphatic heterocycles. The third-order valence-corrected chi connectivity index (χ3v) is 2.55. The Kier molecular flexibility index (Phi) is 2.74. The van der Waals surface area contributed by atoms with E-state index in [1.165, 1.54) is 11.6 Å². The number of pyridine rings is 1. The standard InChI is InChI=1S/C8H5Br2N3O2/c1-15-7(14)5-2-4(9)3-13-6(5)11-8(10)12-13/h2-3H,1H3. The van der Waals surface area contributed by atoms with Gasteiger partial charge in [-0.1, -0.05) is 0 Å². The van der Waals surface area contributed by atoms with E-state index in [1.807, 2.05) is 0 Å². The molecule has 2 rings (SSSR count). The number of carbonyl (C=O) groups excluding carboxylic acids is 1. The molecule has 0 bridgehead atoms. The van der Waals surface area contributed by atoms with Crippen LogP contribution in [-0.2, 0) is 4.74 Å². The number of esters is 1. The molecule has 0 spiro atoms. The highest BCUT2D eigenvalue weighted by Gasteiger charge is 2.15. The maximum Gasteiger partial charge on any atom is 0.341 e. The molecular weight excluding hydrogens is 330 g/mol. The van der Waals surface area contributed by atoms with Crippen molar-refractivity contribution >= 4 is 43.5 Å². The van der Waals surface area contributed by atoms with Gasteiger partial charge in [-0.3, -0.25) is 0 Å². The number of nitrogens with zero attached hydrogens (tertiary/aromatic N) is 3. The van der Waals surface area contributed by atoms with Gasteiger partial charge in [0.2, 0.25) is 4.73 Å². The second-order valence-corrected chi connectivity index (χ2v) is 4.34. The highest BCUT2D eigenvalue weighted by Crippen LogP contribution is 2.18. The average molecular weight is 335 g/mol. The number of aromatic nitrogens is 3. The molecule has 0 amide bonds. The number of methoxy groups -OCH3 is 1. The lowest BCUT2D eigenvalue weighted by Gasteiger charge is -2.01. The van der Waals surface area contributed by atoms with Gasteiger partial charge in [0.15, 0.2) is 5.65 Å². The summed E-state index contributed by atoms with van der Waals surface area (Å²) in [6.07, 6.45) is 1.71. The molecule has 0 saturated heterocycles. The molecular formula is C8H5Br2N3O2. The number of carbonyl (C=O) groups is 1. The van der Waals surface area contributed by atoms with E-state index in [0.717, 1.165) is 4.47 Å². The van der Waals surface area contributed by atoms with Gasteiger partial charge in [-0.25, -0.2) is 14.3 Å². The molecule has 0 aliphatic rings. The zero-order valence-electron chi connectivity index (χ0n) is 7.57. The Bertz CT molecular complexity index is 538. The van der Waals surface area contributed by atoms with Gasteiger partial charge in [0.1, 0.15) is 5.56 Å². The second kappa shape index (κ2) is 3.90. The van der Waals surface area contributed by atoms with Crippen LogP contribution in [0.1, 0.15) is 10.4 Å². The third kappa shape index (κ3) is 1.89. The number of fused-ring (bicyclic) bond motifs is 1. The SMILES string of the molecule is COC(=O)c1cc(Br)cn2nc(Br)nc12. The molecule has 0 N–H and O–H groups in total. The second-order valence-electron chi connectivity index (χ2n) is 2.71. The number of rotatable bonds is 1. The van der Waals surface area contributed by atoms with Crippen molar-refractivity contribution in [1.29, 1.82) is 0 Å². The van der Waals surface area contributed by atoms with Crippen molar-refractivity contribution in [2.45, 2.75) is 0 Å². The molecule has 78 valence electrons. The maximum absolute atomic E-state index is 11.4. The van der Waals surface area contributed by atoms with Crippen molar-refractivity contribution in [2.24, 2.45) is 0 Å². The molecule has 15 heavy (non-hydrogen) atoms. The van der Waals surface area contributed by atoms with Crippen molar-refractivity contribution in [3.8, 4) is 0 Å². The molecule has 2 heterocycles. The van der Waals surface area contributed by atoms with Crippen molar-refractivity contribution in [2.75, 3.05) is 7.11 Å². The van der Waals surface area contributed by atoms with Crippen LogP contribution in [0.25, 0.3) is 5.65 Å². The fraction of sp³-hybridized carbons (Fsp3) is 0.125. The molecule has 0 radical (unpaired) electrons. The lowest BCUT2D eigenvalue weighted by molar-refractivity contribution is 0.0602. The Hall–Kier alpha value is -0.950. The van der Waals surface area contributed by atoms with Crippen LogP contribution in [-0.4, -0.2) is 27.7 Å². The van der Waals surface area contributed by atoms with Crippen LogP contribution in [0.5, 0.6) is 0 Å². The molecule has 7 heteroatoms. The summed E-state index contributed by atoms with van der Waals surface area (Å²) in [6.45, 7) is 0. The fourth-order valence-electron chi connectivity index (χ4n) is 1.19. The van der Waals surface area contributed by atoms with Crippen molar-refractivity contribution in [1.82, 2.24) is 14.6 Å². The summed E-state index contributed by atoms with van der Waals surface area (Å²) in [4.78, 5) is 15.5. The zero-order chi connectivity index (χ0) is 11.0. The minimum absolute atomic E-state index is 0.366. The fourth-order valence-corrected chi connectivity index (χ4v) is 1.95. The molecule has 0 aromatic carbocycles. The van der Waals surface area contributed by atoms with Gasteiger partial charge in [0.25, 0.3) is 0 Å². The zero-order valence-corrected chi connectivity index (χ0v) is 10.7. The number of halogens is 2. The summed E-state index contributed by atoms with van der Waals surface area (Å²) in [5, 5.41) is 4.04. The van der Waals surface area contributed by atoms with Crippen LogP contribution >= 0.6 is 31.9 Å². The Morgan fingerprint density at radius 2 is 2.27 bits per heavy atom. The summed E-state index contributed by atoms with van der Waals surface area (Å²) >= 11 is 6.42. The van der Waals surface area contributed by atoms with Gasteiger partial charge in [0.05, 0.1) is 7.11 Å². The third-order valence-electron chi connectivity index (χ3n) is 1.78. The normalized spacial score (nSPS) is 10.6. The van der Waals surface area contributed by atoms with E-state index >= 15 is 0 Å². The average Bonchev–Trinajstić information content (AvgIpc) is 2.55. The van der Waals surface area contributed by atoms with Crippen LogP contribution in [0.4, 0.5) is 0 Å². The Morgan fingerprint density at radius 3 is 2.93 bits per heavy atom. The predicted octanol–water partition coefficient (Wildman–Crippen LogP) is 2.04. The van der Waals surface area contributed by atoms with Crippen LogP contribution in [0.2, 0.25) is 0 Å². The summed E-state index contributed by atoms with van der Waals surface area (Å²) in [5.74, 6) is -0.443. The van der Waals surface area contributed by atoms with E-state index < -0.39 is 5.97 Å². The summed E-state index contributed by atoms with van der Waals surface area (Å²) in [7, 11) is 1.32. The quantitative estimate of drug-likeness (QED) is 0.749. The first-order valence-electron chi connectivity index (χ1n) is 3.91. The van der Waals surface area contributed by atoms with Gasteiger partial charge in [-0.15, -0.1) is 5.10 Å². The minimum atomic E-state index is -0.443. The van der Waals surface area contributed by atoms with E-state index in [1.54, 1.807) is 12.3 Å². The van der Waals surface area contributed by atoms with Crippen LogP contribution in [0, 0.1) is 0 Å². The highest BCUT2D eigenvalue weighted by molar-refractivity contribution is 9.10. The van der Waals surface area contributed by atoms with Gasteiger partial charge in [-0.2, -0.15) is 0 Å². The molecule has 0 saturated carbocycles. The number of hydrogen-bond acceptors (Lipinski definition) is 4. The van der Waals surface area contributed by atoms with E-state index in [9.17, 15) is 4.79 Å². The Morgan fingerprint density at radius 1 is 1.53 bits per heavy atom. The lowest BCUT2D eigenvalue weighted by Crippen LogP contribution is -2.04. The van der Waals surface area contributed by atoms with Gasteiger partial charge >= 0.3 is 5.97 Å². The molecule has 0 unspecified atom stereocenters. The number of hydrogen-bond donors (Lipinski definition) is 0. The lowest BCUT2D eigenvalue weighted by atomic mass is 10.3. The first-order valence-corrected chi connectivity index (χ1v) is 5.50. The molecule has 0 atom stereocenters. The van der Waals surface area contributed by atoms with Gasteiger partial charge < -0.3 is 4.74 Å². The predicted molar refractivity (Wildman–Crippen MR) is 59.7 cm³/mol. The molecule has 5 nitrogen and oxygen atoms in total. The summed E-state index contributed by atoms with van der Waals surface area (Å²) in [6, 6.07) is 1.64. The Balaban J connectivity index is 2.75. The highest BCUT2D eigenvalue weighted by atomic mass is 79.9. The topological polar surface area (TPSA) is 56.5 Å². The minimum Gasteiger partial charge on any atom is -0.465 e. The monoisotopic (exact) mass is 333 g/mol. The van der Waals surface area contributed by atoms with E-state index in [4.69, 9.17) is 0 Å². The maximum atomic E-state index is 11.4.